The molecular weight excluding hydrogens is 346 g/mol. The lowest BCUT2D eigenvalue weighted by molar-refractivity contribution is 0.153. The van der Waals surface area contributed by atoms with E-state index in [0.29, 0.717) is 0 Å². The topological polar surface area (TPSA) is 46.0 Å². The number of pyridine rings is 1. The molecule has 3 aromatic rings. The molecule has 0 bridgehead atoms. The highest BCUT2D eigenvalue weighted by Gasteiger charge is 2.26. The smallest absolute Gasteiger partial charge is 0.0676 e. The molecule has 1 aliphatic heterocycles. The van der Waals surface area contributed by atoms with Crippen molar-refractivity contribution >= 4 is 11.6 Å². The normalized spacial score (nSPS) is 18.2. The minimum atomic E-state index is 0.265. The molecule has 6 heteroatoms. The zero-order valence-electron chi connectivity index (χ0n) is 14.8. The van der Waals surface area contributed by atoms with Crippen molar-refractivity contribution in [3.8, 4) is 5.69 Å². The molecule has 26 heavy (non-hydrogen) atoms. The average molecular weight is 368 g/mol. The van der Waals surface area contributed by atoms with E-state index >= 15 is 0 Å². The molecule has 2 aromatic heterocycles. The Morgan fingerprint density at radius 1 is 1.19 bits per heavy atom. The summed E-state index contributed by atoms with van der Waals surface area (Å²) in [4.78, 5) is 6.56. The van der Waals surface area contributed by atoms with Gasteiger partial charge in [0.05, 0.1) is 11.4 Å². The average Bonchev–Trinajstić information content (AvgIpc) is 3.04. The highest BCUT2D eigenvalue weighted by molar-refractivity contribution is 6.31. The molecular formula is C20H22ClN5. The van der Waals surface area contributed by atoms with Crippen LogP contribution in [0.15, 0.2) is 55.0 Å². The Morgan fingerprint density at radius 3 is 2.81 bits per heavy atom. The van der Waals surface area contributed by atoms with Gasteiger partial charge in [0.2, 0.25) is 0 Å². The molecule has 1 aromatic carbocycles. The summed E-state index contributed by atoms with van der Waals surface area (Å²) in [6.45, 7) is 5.80. The zero-order valence-corrected chi connectivity index (χ0v) is 15.5. The summed E-state index contributed by atoms with van der Waals surface area (Å²) in [7, 11) is 0. The molecule has 134 valence electrons. The molecule has 1 atom stereocenters. The summed E-state index contributed by atoms with van der Waals surface area (Å²) in [6.07, 6.45) is 5.70. The number of hydrogen-bond donors (Lipinski definition) is 1. The number of piperazine rings is 1. The van der Waals surface area contributed by atoms with E-state index in [1.807, 2.05) is 28.9 Å². The standard InChI is InChI=1S/C20H22ClN5/c1-15-16(14-26(24-15)17-6-8-22-9-7-17)13-25-11-10-23-12-20(25)18-4-2-3-5-19(18)21/h2-9,14,20,23H,10-13H2,1H3. The largest absolute Gasteiger partial charge is 0.314 e. The van der Waals surface area contributed by atoms with Crippen LogP contribution in [0, 0.1) is 6.92 Å². The first-order valence-corrected chi connectivity index (χ1v) is 9.25. The van der Waals surface area contributed by atoms with Gasteiger partial charge in [-0.1, -0.05) is 29.8 Å². The van der Waals surface area contributed by atoms with Crippen molar-refractivity contribution in [3.05, 3.63) is 76.8 Å². The van der Waals surface area contributed by atoms with E-state index in [-0.39, 0.29) is 6.04 Å². The Bertz CT molecular complexity index is 877. The molecule has 1 fully saturated rings. The number of benzene rings is 1. The highest BCUT2D eigenvalue weighted by Crippen LogP contribution is 2.30. The molecule has 0 radical (unpaired) electrons. The Hall–Kier alpha value is -2.21. The second kappa shape index (κ2) is 7.58. The molecule has 4 rings (SSSR count). The van der Waals surface area contributed by atoms with Crippen molar-refractivity contribution in [1.29, 1.82) is 0 Å². The molecule has 1 N–H and O–H groups in total. The minimum Gasteiger partial charge on any atom is -0.314 e. The Morgan fingerprint density at radius 2 is 2.00 bits per heavy atom. The predicted octanol–water partition coefficient (Wildman–Crippen LogP) is 3.38. The van der Waals surface area contributed by atoms with Crippen LogP contribution in [0.2, 0.25) is 5.02 Å². The van der Waals surface area contributed by atoms with E-state index in [1.54, 1.807) is 12.4 Å². The Kier molecular flexibility index (Phi) is 5.02. The van der Waals surface area contributed by atoms with Crippen LogP contribution in [-0.4, -0.2) is 39.3 Å². The first kappa shape index (κ1) is 17.2. The van der Waals surface area contributed by atoms with Crippen LogP contribution in [0.1, 0.15) is 22.9 Å². The van der Waals surface area contributed by atoms with Crippen molar-refractivity contribution in [2.24, 2.45) is 0 Å². The third-order valence-corrected chi connectivity index (χ3v) is 5.26. The van der Waals surface area contributed by atoms with Gasteiger partial charge in [0, 0.05) is 61.4 Å². The third-order valence-electron chi connectivity index (χ3n) is 4.92. The summed E-state index contributed by atoms with van der Waals surface area (Å²) in [5.41, 5.74) is 4.50. The van der Waals surface area contributed by atoms with Gasteiger partial charge in [-0.15, -0.1) is 0 Å². The first-order valence-electron chi connectivity index (χ1n) is 8.87. The monoisotopic (exact) mass is 367 g/mol. The lowest BCUT2D eigenvalue weighted by atomic mass is 10.0. The molecule has 0 amide bonds. The molecule has 1 unspecified atom stereocenters. The van der Waals surface area contributed by atoms with E-state index in [9.17, 15) is 0 Å². The summed E-state index contributed by atoms with van der Waals surface area (Å²) < 4.78 is 1.93. The van der Waals surface area contributed by atoms with E-state index < -0.39 is 0 Å². The van der Waals surface area contributed by atoms with Gasteiger partial charge in [0.1, 0.15) is 0 Å². The van der Waals surface area contributed by atoms with Crippen LogP contribution in [-0.2, 0) is 6.54 Å². The van der Waals surface area contributed by atoms with E-state index in [2.05, 4.69) is 45.6 Å². The number of rotatable bonds is 4. The van der Waals surface area contributed by atoms with Gasteiger partial charge in [0.15, 0.2) is 0 Å². The van der Waals surface area contributed by atoms with Crippen molar-refractivity contribution in [3.63, 3.8) is 0 Å². The fourth-order valence-electron chi connectivity index (χ4n) is 3.49. The maximum atomic E-state index is 6.46. The quantitative estimate of drug-likeness (QED) is 0.768. The van der Waals surface area contributed by atoms with Crippen molar-refractivity contribution in [1.82, 2.24) is 25.0 Å². The maximum Gasteiger partial charge on any atom is 0.0676 e. The number of nitrogens with zero attached hydrogens (tertiary/aromatic N) is 4. The van der Waals surface area contributed by atoms with Crippen LogP contribution in [0.3, 0.4) is 0 Å². The number of halogens is 1. The van der Waals surface area contributed by atoms with Gasteiger partial charge in [-0.2, -0.15) is 5.10 Å². The Balaban J connectivity index is 1.59. The van der Waals surface area contributed by atoms with E-state index in [0.717, 1.165) is 42.6 Å². The minimum absolute atomic E-state index is 0.265. The summed E-state index contributed by atoms with van der Waals surface area (Å²) in [5.74, 6) is 0. The van der Waals surface area contributed by atoms with Crippen molar-refractivity contribution in [2.75, 3.05) is 19.6 Å². The summed E-state index contributed by atoms with van der Waals surface area (Å²) in [6, 6.07) is 12.3. The van der Waals surface area contributed by atoms with Crippen molar-refractivity contribution < 1.29 is 0 Å². The molecule has 1 saturated heterocycles. The van der Waals surface area contributed by atoms with Crippen LogP contribution in [0.5, 0.6) is 0 Å². The molecule has 3 heterocycles. The molecule has 0 saturated carbocycles. The van der Waals surface area contributed by atoms with Gasteiger partial charge in [-0.05, 0) is 30.7 Å². The Labute approximate surface area is 158 Å². The van der Waals surface area contributed by atoms with Gasteiger partial charge < -0.3 is 5.32 Å². The second-order valence-corrected chi connectivity index (χ2v) is 7.01. The lowest BCUT2D eigenvalue weighted by Gasteiger charge is -2.36. The predicted molar refractivity (Wildman–Crippen MR) is 104 cm³/mol. The summed E-state index contributed by atoms with van der Waals surface area (Å²) in [5, 5.41) is 9.01. The lowest BCUT2D eigenvalue weighted by Crippen LogP contribution is -2.45. The zero-order chi connectivity index (χ0) is 17.9. The van der Waals surface area contributed by atoms with Crippen molar-refractivity contribution in [2.45, 2.75) is 19.5 Å². The maximum absolute atomic E-state index is 6.46. The molecule has 1 aliphatic rings. The fraction of sp³-hybridized carbons (Fsp3) is 0.300. The number of hydrogen-bond acceptors (Lipinski definition) is 4. The van der Waals surface area contributed by atoms with Gasteiger partial charge in [-0.25, -0.2) is 4.68 Å². The number of nitrogens with one attached hydrogen (secondary N) is 1. The first-order chi connectivity index (χ1) is 12.7. The number of aryl methyl sites for hydroxylation is 1. The van der Waals surface area contributed by atoms with Crippen LogP contribution >= 0.6 is 11.6 Å². The molecule has 0 aliphatic carbocycles. The van der Waals surface area contributed by atoms with Gasteiger partial charge >= 0.3 is 0 Å². The SMILES string of the molecule is Cc1nn(-c2ccncc2)cc1CN1CCNCC1c1ccccc1Cl. The van der Waals surface area contributed by atoms with Crippen LogP contribution < -0.4 is 5.32 Å². The van der Waals surface area contributed by atoms with Crippen LogP contribution in [0.4, 0.5) is 0 Å². The third kappa shape index (κ3) is 3.51. The van der Waals surface area contributed by atoms with E-state index in [4.69, 9.17) is 11.6 Å². The van der Waals surface area contributed by atoms with Gasteiger partial charge in [-0.3, -0.25) is 9.88 Å². The molecule has 5 nitrogen and oxygen atoms in total. The molecule has 0 spiro atoms. The van der Waals surface area contributed by atoms with Gasteiger partial charge in [0.25, 0.3) is 0 Å². The highest BCUT2D eigenvalue weighted by atomic mass is 35.5. The van der Waals surface area contributed by atoms with Crippen LogP contribution in [0.25, 0.3) is 5.69 Å². The number of aromatic nitrogens is 3. The summed E-state index contributed by atoms with van der Waals surface area (Å²) >= 11 is 6.46. The van der Waals surface area contributed by atoms with E-state index in [1.165, 1.54) is 11.1 Å². The fourth-order valence-corrected chi connectivity index (χ4v) is 3.75. The second-order valence-electron chi connectivity index (χ2n) is 6.60.